The molecule has 0 aliphatic heterocycles. The van der Waals surface area contributed by atoms with Gasteiger partial charge in [-0.1, -0.05) is 12.2 Å². The van der Waals surface area contributed by atoms with Crippen molar-refractivity contribution < 1.29 is 19.4 Å². The summed E-state index contributed by atoms with van der Waals surface area (Å²) in [6, 6.07) is 0. The molecule has 0 heterocycles. The van der Waals surface area contributed by atoms with E-state index in [4.69, 9.17) is 14.6 Å². The van der Waals surface area contributed by atoms with Crippen LogP contribution in [0.15, 0.2) is 12.2 Å². The number of hydrogen-bond donors (Lipinski definition) is 1. The molecular formula is C11H18O4. The number of rotatable bonds is 3. The highest BCUT2D eigenvalue weighted by Gasteiger charge is 2.20. The van der Waals surface area contributed by atoms with Gasteiger partial charge in [-0.25, -0.2) is 4.79 Å². The Morgan fingerprint density at radius 1 is 1.47 bits per heavy atom. The summed E-state index contributed by atoms with van der Waals surface area (Å²) in [6.07, 6.45) is 3.32. The summed E-state index contributed by atoms with van der Waals surface area (Å²) in [5.74, 6) is -0.378. The minimum atomic E-state index is -0.481. The van der Waals surface area contributed by atoms with E-state index >= 15 is 0 Å². The maximum atomic E-state index is 11.3. The van der Waals surface area contributed by atoms with Crippen molar-refractivity contribution in [3.63, 3.8) is 0 Å². The van der Waals surface area contributed by atoms with Crippen molar-refractivity contribution in [3.8, 4) is 0 Å². The van der Waals surface area contributed by atoms with E-state index in [-0.39, 0.29) is 18.7 Å². The van der Waals surface area contributed by atoms with Crippen LogP contribution in [0, 0.1) is 0 Å². The summed E-state index contributed by atoms with van der Waals surface area (Å²) in [5.41, 5.74) is -0.481. The van der Waals surface area contributed by atoms with E-state index in [1.54, 1.807) is 12.2 Å². The molecule has 1 aliphatic rings. The number of carbonyl (C=O) groups excluding carboxylic acids is 1. The first-order valence-electron chi connectivity index (χ1n) is 5.06. The molecule has 0 aromatic heterocycles. The van der Waals surface area contributed by atoms with Crippen molar-refractivity contribution in [1.82, 2.24) is 0 Å². The Kier molecular flexibility index (Phi) is 3.88. The lowest BCUT2D eigenvalue weighted by atomic mass is 10.2. The molecule has 2 atom stereocenters. The Morgan fingerprint density at radius 3 is 2.60 bits per heavy atom. The zero-order valence-electron chi connectivity index (χ0n) is 9.40. The summed E-state index contributed by atoms with van der Waals surface area (Å²) in [5, 5.41) is 9.17. The lowest BCUT2D eigenvalue weighted by Gasteiger charge is -2.20. The van der Waals surface area contributed by atoms with Crippen molar-refractivity contribution in [2.24, 2.45) is 0 Å². The van der Waals surface area contributed by atoms with Gasteiger partial charge >= 0.3 is 5.97 Å². The molecule has 0 aromatic rings. The first kappa shape index (κ1) is 12.2. The molecule has 0 amide bonds. The number of hydrogen-bond acceptors (Lipinski definition) is 4. The van der Waals surface area contributed by atoms with E-state index in [2.05, 4.69) is 0 Å². The van der Waals surface area contributed by atoms with Gasteiger partial charge in [0.15, 0.2) is 0 Å². The van der Waals surface area contributed by atoms with Gasteiger partial charge in [-0.05, 0) is 20.8 Å². The normalized spacial score (nSPS) is 25.6. The number of carbonyl (C=O) groups is 1. The second-order valence-corrected chi connectivity index (χ2v) is 4.62. The zero-order valence-corrected chi connectivity index (χ0v) is 9.40. The number of aliphatic hydroxyl groups excluding tert-OH is 1. The number of aliphatic hydroxyl groups is 1. The monoisotopic (exact) mass is 214 g/mol. The van der Waals surface area contributed by atoms with Gasteiger partial charge in [0, 0.05) is 6.42 Å². The minimum Gasteiger partial charge on any atom is -0.458 e. The summed E-state index contributed by atoms with van der Waals surface area (Å²) in [6.45, 7) is 5.36. The van der Waals surface area contributed by atoms with Crippen molar-refractivity contribution in [1.29, 1.82) is 0 Å². The van der Waals surface area contributed by atoms with Crippen LogP contribution in [0.3, 0.4) is 0 Å². The van der Waals surface area contributed by atoms with Gasteiger partial charge in [0.05, 0.1) is 12.2 Å². The highest BCUT2D eigenvalue weighted by atomic mass is 16.6. The average Bonchev–Trinajstić information content (AvgIpc) is 2.45. The first-order chi connectivity index (χ1) is 6.87. The Bertz CT molecular complexity index is 252. The summed E-state index contributed by atoms with van der Waals surface area (Å²) >= 11 is 0. The highest BCUT2D eigenvalue weighted by Crippen LogP contribution is 2.14. The topological polar surface area (TPSA) is 55.8 Å². The van der Waals surface area contributed by atoms with E-state index in [0.29, 0.717) is 6.42 Å². The Balaban J connectivity index is 2.20. The van der Waals surface area contributed by atoms with Gasteiger partial charge in [-0.15, -0.1) is 0 Å². The van der Waals surface area contributed by atoms with Crippen molar-refractivity contribution >= 4 is 5.97 Å². The maximum absolute atomic E-state index is 11.3. The van der Waals surface area contributed by atoms with E-state index in [9.17, 15) is 4.79 Å². The van der Waals surface area contributed by atoms with Gasteiger partial charge < -0.3 is 14.6 Å². The molecule has 4 heteroatoms. The fraction of sp³-hybridized carbons (Fsp3) is 0.727. The lowest BCUT2D eigenvalue weighted by Crippen LogP contribution is -2.28. The molecule has 0 saturated heterocycles. The molecule has 86 valence electrons. The third-order valence-electron chi connectivity index (χ3n) is 1.86. The fourth-order valence-corrected chi connectivity index (χ4v) is 1.32. The van der Waals surface area contributed by atoms with E-state index < -0.39 is 11.7 Å². The quantitative estimate of drug-likeness (QED) is 0.563. The second-order valence-electron chi connectivity index (χ2n) is 4.62. The molecule has 0 spiro atoms. The molecule has 4 nitrogen and oxygen atoms in total. The SMILES string of the molecule is CC(C)(C)OC(=O)CO[C@@H]1C=C[C@H](O)C1. The van der Waals surface area contributed by atoms with Crippen molar-refractivity contribution in [2.75, 3.05) is 6.61 Å². The summed E-state index contributed by atoms with van der Waals surface area (Å²) < 4.78 is 10.3. The molecule has 0 fully saturated rings. The van der Waals surface area contributed by atoms with Gasteiger partial charge in [0.2, 0.25) is 0 Å². The van der Waals surface area contributed by atoms with Gasteiger partial charge in [0.25, 0.3) is 0 Å². The van der Waals surface area contributed by atoms with Crippen LogP contribution in [-0.2, 0) is 14.3 Å². The van der Waals surface area contributed by atoms with Crippen LogP contribution in [0.5, 0.6) is 0 Å². The number of esters is 1. The van der Waals surface area contributed by atoms with Crippen LogP contribution in [0.25, 0.3) is 0 Å². The van der Waals surface area contributed by atoms with E-state index in [1.807, 2.05) is 20.8 Å². The third kappa shape index (κ3) is 4.95. The smallest absolute Gasteiger partial charge is 0.332 e. The summed E-state index contributed by atoms with van der Waals surface area (Å²) in [4.78, 5) is 11.3. The van der Waals surface area contributed by atoms with Gasteiger partial charge in [-0.2, -0.15) is 0 Å². The fourth-order valence-electron chi connectivity index (χ4n) is 1.32. The standard InChI is InChI=1S/C11H18O4/c1-11(2,3)15-10(13)7-14-9-5-4-8(12)6-9/h4-5,8-9,12H,6-7H2,1-3H3/t8-,9+/m0/s1. The Hall–Kier alpha value is -0.870. The molecular weight excluding hydrogens is 196 g/mol. The Morgan fingerprint density at radius 2 is 2.13 bits per heavy atom. The molecule has 1 N–H and O–H groups in total. The molecule has 1 rings (SSSR count). The highest BCUT2D eigenvalue weighted by molar-refractivity contribution is 5.71. The zero-order chi connectivity index (χ0) is 11.5. The Labute approximate surface area is 89.9 Å². The van der Waals surface area contributed by atoms with Crippen LogP contribution in [0.4, 0.5) is 0 Å². The maximum Gasteiger partial charge on any atom is 0.332 e. The van der Waals surface area contributed by atoms with Gasteiger partial charge in [0.1, 0.15) is 12.2 Å². The van der Waals surface area contributed by atoms with Crippen molar-refractivity contribution in [2.45, 2.75) is 45.0 Å². The number of ether oxygens (including phenoxy) is 2. The van der Waals surface area contributed by atoms with Crippen LogP contribution in [0.1, 0.15) is 27.2 Å². The molecule has 0 saturated carbocycles. The van der Waals surface area contributed by atoms with Crippen LogP contribution in [0.2, 0.25) is 0 Å². The minimum absolute atomic E-state index is 0.0704. The molecule has 0 aromatic carbocycles. The molecule has 15 heavy (non-hydrogen) atoms. The molecule has 0 unspecified atom stereocenters. The lowest BCUT2D eigenvalue weighted by molar-refractivity contribution is -0.161. The largest absolute Gasteiger partial charge is 0.458 e. The van der Waals surface area contributed by atoms with Crippen LogP contribution in [-0.4, -0.2) is 35.5 Å². The van der Waals surface area contributed by atoms with E-state index in [1.165, 1.54) is 0 Å². The predicted octanol–water partition coefficient (Wildman–Crippen LogP) is 1.03. The van der Waals surface area contributed by atoms with Crippen LogP contribution < -0.4 is 0 Å². The first-order valence-corrected chi connectivity index (χ1v) is 5.06. The second kappa shape index (κ2) is 4.77. The molecule has 0 bridgehead atoms. The van der Waals surface area contributed by atoms with E-state index in [0.717, 1.165) is 0 Å². The molecule has 1 aliphatic carbocycles. The van der Waals surface area contributed by atoms with Crippen LogP contribution >= 0.6 is 0 Å². The predicted molar refractivity (Wildman–Crippen MR) is 55.3 cm³/mol. The average molecular weight is 214 g/mol. The molecule has 0 radical (unpaired) electrons. The van der Waals surface area contributed by atoms with Crippen molar-refractivity contribution in [3.05, 3.63) is 12.2 Å². The summed E-state index contributed by atoms with van der Waals surface area (Å²) in [7, 11) is 0. The van der Waals surface area contributed by atoms with Gasteiger partial charge in [-0.3, -0.25) is 0 Å². The third-order valence-corrected chi connectivity index (χ3v) is 1.86.